The molecule has 2 aliphatic rings. The van der Waals surface area contributed by atoms with Crippen LogP contribution < -0.4 is 5.56 Å². The van der Waals surface area contributed by atoms with Crippen LogP contribution >= 0.6 is 0 Å². The van der Waals surface area contributed by atoms with E-state index in [1.54, 1.807) is 18.2 Å². The van der Waals surface area contributed by atoms with E-state index in [4.69, 9.17) is 0 Å². The van der Waals surface area contributed by atoms with E-state index in [1.807, 2.05) is 23.1 Å². The molecule has 2 heterocycles. The normalized spacial score (nSPS) is 21.6. The summed E-state index contributed by atoms with van der Waals surface area (Å²) in [4.78, 5) is 31.6. The van der Waals surface area contributed by atoms with E-state index in [0.717, 1.165) is 6.42 Å². The Kier molecular flexibility index (Phi) is 5.58. The number of hydrogen-bond acceptors (Lipinski definition) is 4. The van der Waals surface area contributed by atoms with Crippen molar-refractivity contribution in [3.8, 4) is 11.3 Å². The van der Waals surface area contributed by atoms with Gasteiger partial charge in [-0.15, -0.1) is 0 Å². The van der Waals surface area contributed by atoms with Crippen LogP contribution in [0.1, 0.15) is 30.7 Å². The topological polar surface area (TPSA) is 75.4 Å². The van der Waals surface area contributed by atoms with Crippen LogP contribution in [0.25, 0.3) is 11.3 Å². The van der Waals surface area contributed by atoms with Gasteiger partial charge in [0, 0.05) is 30.6 Å². The smallest absolute Gasteiger partial charge is 0.253 e. The van der Waals surface area contributed by atoms with Crippen LogP contribution in [0.15, 0.2) is 71.8 Å². The Hall–Kier alpha value is -3.32. The standard InChI is InChI=1S/C26H26FN3O3/c27-22-9-5-4-8-19(22)23-15-24(31)30(17-28-23)16-26(33)10-12-29(13-11-26)25(32)21-14-20(21)18-6-2-1-3-7-18/h1-9,15,17,20-21,33H,10-14,16H2/t20-,21-/m1/s1. The summed E-state index contributed by atoms with van der Waals surface area (Å²) in [6.07, 6.45) is 3.01. The van der Waals surface area contributed by atoms with E-state index >= 15 is 0 Å². The molecule has 1 amide bonds. The second-order valence-corrected chi connectivity index (χ2v) is 9.13. The van der Waals surface area contributed by atoms with Crippen LogP contribution in [0, 0.1) is 11.7 Å². The van der Waals surface area contributed by atoms with Crippen LogP contribution in [-0.2, 0) is 11.3 Å². The van der Waals surface area contributed by atoms with Gasteiger partial charge in [-0.1, -0.05) is 42.5 Å². The van der Waals surface area contributed by atoms with Crippen LogP contribution in [0.5, 0.6) is 0 Å². The van der Waals surface area contributed by atoms with Gasteiger partial charge in [-0.05, 0) is 42.9 Å². The molecular weight excluding hydrogens is 421 g/mol. The van der Waals surface area contributed by atoms with Crippen molar-refractivity contribution in [1.29, 1.82) is 0 Å². The van der Waals surface area contributed by atoms with Gasteiger partial charge in [0.15, 0.2) is 0 Å². The molecule has 5 rings (SSSR count). The first kappa shape index (κ1) is 21.5. The monoisotopic (exact) mass is 447 g/mol. The highest BCUT2D eigenvalue weighted by atomic mass is 19.1. The third kappa shape index (κ3) is 4.46. The van der Waals surface area contributed by atoms with Crippen molar-refractivity contribution in [2.24, 2.45) is 5.92 Å². The molecule has 7 heteroatoms. The first-order valence-electron chi connectivity index (χ1n) is 11.3. The summed E-state index contributed by atoms with van der Waals surface area (Å²) in [6.45, 7) is 1.01. The van der Waals surface area contributed by atoms with Gasteiger partial charge in [0.1, 0.15) is 5.82 Å². The fraction of sp³-hybridized carbons (Fsp3) is 0.346. The van der Waals surface area contributed by atoms with Gasteiger partial charge in [0.05, 0.1) is 24.2 Å². The minimum atomic E-state index is -1.09. The van der Waals surface area contributed by atoms with E-state index in [-0.39, 0.29) is 41.1 Å². The van der Waals surface area contributed by atoms with Crippen LogP contribution in [-0.4, -0.2) is 44.2 Å². The number of halogens is 1. The second kappa shape index (κ2) is 8.56. The molecule has 0 radical (unpaired) electrons. The van der Waals surface area contributed by atoms with Gasteiger partial charge in [0.25, 0.3) is 5.56 Å². The fourth-order valence-electron chi connectivity index (χ4n) is 4.75. The van der Waals surface area contributed by atoms with Crippen molar-refractivity contribution < 1.29 is 14.3 Å². The average Bonchev–Trinajstić information content (AvgIpc) is 3.62. The molecule has 1 N–H and O–H groups in total. The third-order valence-corrected chi connectivity index (χ3v) is 6.84. The van der Waals surface area contributed by atoms with Crippen molar-refractivity contribution in [3.63, 3.8) is 0 Å². The van der Waals surface area contributed by atoms with E-state index in [0.29, 0.717) is 25.9 Å². The number of carbonyl (C=O) groups is 1. The molecule has 1 aliphatic carbocycles. The third-order valence-electron chi connectivity index (χ3n) is 6.84. The summed E-state index contributed by atoms with van der Waals surface area (Å²) in [5, 5.41) is 11.1. The summed E-state index contributed by atoms with van der Waals surface area (Å²) >= 11 is 0. The van der Waals surface area contributed by atoms with Crippen molar-refractivity contribution in [2.75, 3.05) is 13.1 Å². The minimum Gasteiger partial charge on any atom is -0.388 e. The molecular formula is C26H26FN3O3. The highest BCUT2D eigenvalue weighted by Crippen LogP contribution is 2.48. The predicted octanol–water partition coefficient (Wildman–Crippen LogP) is 3.21. The van der Waals surface area contributed by atoms with Gasteiger partial charge in [-0.3, -0.25) is 14.2 Å². The molecule has 2 fully saturated rings. The zero-order valence-electron chi connectivity index (χ0n) is 18.2. The SMILES string of the molecule is O=C([C@@H]1C[C@@H]1c1ccccc1)N1CCC(O)(Cn2cnc(-c3ccccc3F)cc2=O)CC1. The van der Waals surface area contributed by atoms with Crippen LogP contribution in [0.4, 0.5) is 4.39 Å². The molecule has 1 saturated heterocycles. The fourth-order valence-corrected chi connectivity index (χ4v) is 4.75. The maximum absolute atomic E-state index is 14.0. The number of carbonyl (C=O) groups excluding carboxylic acids is 1. The Bertz CT molecular complexity index is 1220. The average molecular weight is 448 g/mol. The van der Waals surface area contributed by atoms with Crippen molar-refractivity contribution in [3.05, 3.63) is 88.7 Å². The number of aliphatic hydroxyl groups is 1. The van der Waals surface area contributed by atoms with Crippen molar-refractivity contribution in [1.82, 2.24) is 14.5 Å². The lowest BCUT2D eigenvalue weighted by atomic mass is 9.91. The van der Waals surface area contributed by atoms with Gasteiger partial charge >= 0.3 is 0 Å². The quantitative estimate of drug-likeness (QED) is 0.652. The summed E-state index contributed by atoms with van der Waals surface area (Å²) in [5.74, 6) is 0.0235. The predicted molar refractivity (Wildman–Crippen MR) is 122 cm³/mol. The zero-order chi connectivity index (χ0) is 23.0. The number of hydrogen-bond donors (Lipinski definition) is 1. The van der Waals surface area contributed by atoms with E-state index < -0.39 is 11.4 Å². The number of benzene rings is 2. The highest BCUT2D eigenvalue weighted by Gasteiger charge is 2.47. The zero-order valence-corrected chi connectivity index (χ0v) is 18.2. The lowest BCUT2D eigenvalue weighted by molar-refractivity contribution is -0.137. The van der Waals surface area contributed by atoms with Crippen molar-refractivity contribution >= 4 is 5.91 Å². The number of rotatable bonds is 5. The molecule has 3 aromatic rings. The highest BCUT2D eigenvalue weighted by molar-refractivity contribution is 5.83. The molecule has 0 bridgehead atoms. The van der Waals surface area contributed by atoms with Gasteiger partial charge in [-0.2, -0.15) is 0 Å². The molecule has 0 unspecified atom stereocenters. The number of aromatic nitrogens is 2. The van der Waals surface area contributed by atoms with E-state index in [2.05, 4.69) is 17.1 Å². The maximum Gasteiger partial charge on any atom is 0.253 e. The van der Waals surface area contributed by atoms with Gasteiger partial charge in [0.2, 0.25) is 5.91 Å². The molecule has 2 atom stereocenters. The Morgan fingerprint density at radius 1 is 1.09 bits per heavy atom. The summed E-state index contributed by atoms with van der Waals surface area (Å²) < 4.78 is 15.4. The van der Waals surface area contributed by atoms with Crippen LogP contribution in [0.3, 0.4) is 0 Å². The molecule has 0 spiro atoms. The molecule has 1 saturated carbocycles. The Morgan fingerprint density at radius 3 is 2.48 bits per heavy atom. The Labute approximate surface area is 191 Å². The minimum absolute atomic E-state index is 0.0244. The maximum atomic E-state index is 14.0. The summed E-state index contributed by atoms with van der Waals surface area (Å²) in [7, 11) is 0. The molecule has 1 aromatic heterocycles. The number of piperidine rings is 1. The van der Waals surface area contributed by atoms with Crippen LogP contribution in [0.2, 0.25) is 0 Å². The molecule has 6 nitrogen and oxygen atoms in total. The Balaban J connectivity index is 1.21. The second-order valence-electron chi connectivity index (χ2n) is 9.13. The molecule has 170 valence electrons. The first-order valence-corrected chi connectivity index (χ1v) is 11.3. The summed E-state index contributed by atoms with van der Waals surface area (Å²) in [5.41, 5.74) is 0.291. The van der Waals surface area contributed by atoms with Gasteiger partial charge in [-0.25, -0.2) is 9.37 Å². The number of nitrogens with zero attached hydrogens (tertiary/aromatic N) is 3. The van der Waals surface area contributed by atoms with E-state index in [1.165, 1.54) is 28.6 Å². The summed E-state index contributed by atoms with van der Waals surface area (Å²) in [6, 6.07) is 17.6. The molecule has 1 aliphatic heterocycles. The lowest BCUT2D eigenvalue weighted by Gasteiger charge is -2.38. The first-order chi connectivity index (χ1) is 15.9. The van der Waals surface area contributed by atoms with E-state index in [9.17, 15) is 19.1 Å². The number of amides is 1. The van der Waals surface area contributed by atoms with Gasteiger partial charge < -0.3 is 10.0 Å². The largest absolute Gasteiger partial charge is 0.388 e. The molecule has 2 aromatic carbocycles. The molecule has 33 heavy (non-hydrogen) atoms. The number of likely N-dealkylation sites (tertiary alicyclic amines) is 1. The Morgan fingerprint density at radius 2 is 1.79 bits per heavy atom. The lowest BCUT2D eigenvalue weighted by Crippen LogP contribution is -2.50. The van der Waals surface area contributed by atoms with Crippen molar-refractivity contribution in [2.45, 2.75) is 37.3 Å².